The van der Waals surface area contributed by atoms with E-state index in [1.807, 2.05) is 13.0 Å². The fourth-order valence-electron chi connectivity index (χ4n) is 3.77. The Labute approximate surface area is 183 Å². The predicted molar refractivity (Wildman–Crippen MR) is 120 cm³/mol. The first-order valence-corrected chi connectivity index (χ1v) is 11.3. The number of nitrogens with one attached hydrogen (secondary N) is 2. The monoisotopic (exact) mass is 525 g/mol. The van der Waals surface area contributed by atoms with E-state index in [9.17, 15) is 12.8 Å². The van der Waals surface area contributed by atoms with Crippen LogP contribution in [0.15, 0.2) is 29.3 Å². The molecule has 28 heavy (non-hydrogen) atoms. The molecule has 158 valence electrons. The highest BCUT2D eigenvalue weighted by Crippen LogP contribution is 2.35. The van der Waals surface area contributed by atoms with Gasteiger partial charge in [-0.25, -0.2) is 12.8 Å². The van der Waals surface area contributed by atoms with Crippen molar-refractivity contribution in [1.82, 2.24) is 10.6 Å². The quantitative estimate of drug-likeness (QED) is 0.350. The molecule has 0 spiro atoms. The second-order valence-corrected chi connectivity index (χ2v) is 9.57. The highest BCUT2D eigenvalue weighted by atomic mass is 127. The predicted octanol–water partition coefficient (Wildman–Crippen LogP) is 2.23. The van der Waals surface area contributed by atoms with Gasteiger partial charge in [0.2, 0.25) is 0 Å². The number of halogens is 2. The van der Waals surface area contributed by atoms with E-state index in [4.69, 9.17) is 9.73 Å². The van der Waals surface area contributed by atoms with E-state index in [1.54, 1.807) is 12.1 Å². The van der Waals surface area contributed by atoms with Gasteiger partial charge in [0, 0.05) is 31.2 Å². The molecular formula is C19H29FIN3O3S. The first-order valence-electron chi connectivity index (χ1n) is 9.51. The zero-order valence-corrected chi connectivity index (χ0v) is 19.3. The van der Waals surface area contributed by atoms with Crippen LogP contribution in [0.1, 0.15) is 31.7 Å². The Hall–Kier alpha value is -0.940. The largest absolute Gasteiger partial charge is 0.381 e. The van der Waals surface area contributed by atoms with E-state index in [-0.39, 0.29) is 52.8 Å². The number of guanidine groups is 1. The van der Waals surface area contributed by atoms with Crippen molar-refractivity contribution in [3.63, 3.8) is 0 Å². The maximum atomic E-state index is 13.8. The fourth-order valence-corrected chi connectivity index (χ4v) is 5.44. The van der Waals surface area contributed by atoms with Crippen molar-refractivity contribution in [3.8, 4) is 0 Å². The van der Waals surface area contributed by atoms with E-state index < -0.39 is 9.84 Å². The zero-order valence-electron chi connectivity index (χ0n) is 16.1. The first kappa shape index (κ1) is 23.3. The Morgan fingerprint density at radius 3 is 2.71 bits per heavy atom. The van der Waals surface area contributed by atoms with Gasteiger partial charge in [-0.2, -0.15) is 0 Å². The molecule has 1 atom stereocenters. The van der Waals surface area contributed by atoms with Crippen LogP contribution < -0.4 is 10.6 Å². The average Bonchev–Trinajstić information content (AvgIpc) is 2.99. The molecule has 2 heterocycles. The standard InChI is InChI=1S/C19H28FN3O3S.HI/c1-2-21-18(23-17-6-11-27(24,25)13-17)22-14-19(7-9-26-10-8-19)15-4-3-5-16(20)12-15;/h3-5,12,17H,2,6-11,13-14H2,1H3,(H2,21,22,23);1H. The van der Waals surface area contributed by atoms with Crippen molar-refractivity contribution < 1.29 is 17.5 Å². The lowest BCUT2D eigenvalue weighted by atomic mass is 9.74. The van der Waals surface area contributed by atoms with Gasteiger partial charge in [0.15, 0.2) is 15.8 Å². The minimum atomic E-state index is -2.95. The molecule has 1 unspecified atom stereocenters. The first-order chi connectivity index (χ1) is 12.9. The lowest BCUT2D eigenvalue weighted by Gasteiger charge is -2.36. The second-order valence-electron chi connectivity index (χ2n) is 7.34. The molecule has 0 aromatic heterocycles. The summed E-state index contributed by atoms with van der Waals surface area (Å²) in [6, 6.07) is 6.61. The van der Waals surface area contributed by atoms with Crippen LogP contribution in [0.25, 0.3) is 0 Å². The van der Waals surface area contributed by atoms with Gasteiger partial charge >= 0.3 is 0 Å². The molecule has 0 saturated carbocycles. The van der Waals surface area contributed by atoms with Crippen LogP contribution in [0.2, 0.25) is 0 Å². The van der Waals surface area contributed by atoms with Crippen molar-refractivity contribution in [1.29, 1.82) is 0 Å². The van der Waals surface area contributed by atoms with Crippen LogP contribution in [0, 0.1) is 5.82 Å². The van der Waals surface area contributed by atoms with Crippen LogP contribution in [-0.4, -0.2) is 58.2 Å². The van der Waals surface area contributed by atoms with Crippen LogP contribution in [0.3, 0.4) is 0 Å². The third kappa shape index (κ3) is 6.03. The molecule has 0 radical (unpaired) electrons. The normalized spacial score (nSPS) is 23.6. The molecular weight excluding hydrogens is 496 g/mol. The summed E-state index contributed by atoms with van der Waals surface area (Å²) in [5, 5.41) is 6.44. The zero-order chi connectivity index (χ0) is 19.3. The van der Waals surface area contributed by atoms with Gasteiger partial charge in [0.1, 0.15) is 5.82 Å². The maximum absolute atomic E-state index is 13.8. The van der Waals surface area contributed by atoms with Crippen LogP contribution in [0.5, 0.6) is 0 Å². The van der Waals surface area contributed by atoms with Gasteiger partial charge in [-0.3, -0.25) is 4.99 Å². The van der Waals surface area contributed by atoms with Crippen molar-refractivity contribution in [2.24, 2.45) is 4.99 Å². The number of hydrogen-bond acceptors (Lipinski definition) is 4. The lowest BCUT2D eigenvalue weighted by Crippen LogP contribution is -2.45. The summed E-state index contributed by atoms with van der Waals surface area (Å²) in [6.07, 6.45) is 2.14. The summed E-state index contributed by atoms with van der Waals surface area (Å²) in [4.78, 5) is 4.75. The molecule has 1 aromatic rings. The minimum Gasteiger partial charge on any atom is -0.381 e. The number of benzene rings is 1. The molecule has 9 heteroatoms. The number of hydrogen-bond donors (Lipinski definition) is 2. The number of sulfone groups is 1. The molecule has 2 aliphatic heterocycles. The van der Waals surface area contributed by atoms with Gasteiger partial charge < -0.3 is 15.4 Å². The Kier molecular flexibility index (Phi) is 8.50. The Bertz CT molecular complexity index is 782. The summed E-state index contributed by atoms with van der Waals surface area (Å²) >= 11 is 0. The highest BCUT2D eigenvalue weighted by molar-refractivity contribution is 14.0. The van der Waals surface area contributed by atoms with Crippen molar-refractivity contribution >= 4 is 39.8 Å². The summed E-state index contributed by atoms with van der Waals surface area (Å²) in [5.74, 6) is 0.722. The molecule has 1 aromatic carbocycles. The Morgan fingerprint density at radius 1 is 1.36 bits per heavy atom. The summed E-state index contributed by atoms with van der Waals surface area (Å²) < 4.78 is 42.7. The summed E-state index contributed by atoms with van der Waals surface area (Å²) in [6.45, 7) is 4.39. The lowest BCUT2D eigenvalue weighted by molar-refractivity contribution is 0.0530. The Morgan fingerprint density at radius 2 is 2.11 bits per heavy atom. The van der Waals surface area contributed by atoms with E-state index in [0.29, 0.717) is 38.7 Å². The molecule has 2 aliphatic rings. The minimum absolute atomic E-state index is 0. The molecule has 2 saturated heterocycles. The maximum Gasteiger partial charge on any atom is 0.191 e. The van der Waals surface area contributed by atoms with Gasteiger partial charge in [0.05, 0.1) is 18.1 Å². The topological polar surface area (TPSA) is 79.8 Å². The molecule has 6 nitrogen and oxygen atoms in total. The molecule has 2 N–H and O–H groups in total. The summed E-state index contributed by atoms with van der Waals surface area (Å²) in [7, 11) is -2.95. The summed E-state index contributed by atoms with van der Waals surface area (Å²) in [5.41, 5.74) is 0.665. The third-order valence-electron chi connectivity index (χ3n) is 5.34. The SMILES string of the molecule is CCNC(=NCC1(c2cccc(F)c2)CCOCC1)NC1CCS(=O)(=O)C1.I. The average molecular weight is 525 g/mol. The van der Waals surface area contributed by atoms with Crippen molar-refractivity contribution in [2.45, 2.75) is 37.6 Å². The smallest absolute Gasteiger partial charge is 0.191 e. The van der Waals surface area contributed by atoms with E-state index in [0.717, 1.165) is 18.4 Å². The van der Waals surface area contributed by atoms with E-state index >= 15 is 0 Å². The number of nitrogens with zero attached hydrogens (tertiary/aromatic N) is 1. The molecule has 0 bridgehead atoms. The molecule has 2 fully saturated rings. The van der Waals surface area contributed by atoms with Crippen molar-refractivity contribution in [2.75, 3.05) is 37.8 Å². The number of aliphatic imine (C=N–C) groups is 1. The third-order valence-corrected chi connectivity index (χ3v) is 7.11. The second kappa shape index (κ2) is 10.2. The Balaban J connectivity index is 0.00000280. The van der Waals surface area contributed by atoms with E-state index in [1.165, 1.54) is 6.07 Å². The molecule has 3 rings (SSSR count). The van der Waals surface area contributed by atoms with Gasteiger partial charge in [0.25, 0.3) is 0 Å². The number of ether oxygens (including phenoxy) is 1. The van der Waals surface area contributed by atoms with Crippen LogP contribution >= 0.6 is 24.0 Å². The molecule has 0 amide bonds. The highest BCUT2D eigenvalue weighted by Gasteiger charge is 2.35. The fraction of sp³-hybridized carbons (Fsp3) is 0.632. The number of rotatable bonds is 5. The van der Waals surface area contributed by atoms with Gasteiger partial charge in [-0.05, 0) is 43.9 Å². The van der Waals surface area contributed by atoms with Crippen molar-refractivity contribution in [3.05, 3.63) is 35.6 Å². The van der Waals surface area contributed by atoms with Crippen LogP contribution in [0.4, 0.5) is 4.39 Å². The van der Waals surface area contributed by atoms with Gasteiger partial charge in [-0.15, -0.1) is 24.0 Å². The van der Waals surface area contributed by atoms with E-state index in [2.05, 4.69) is 10.6 Å². The molecule has 0 aliphatic carbocycles. The van der Waals surface area contributed by atoms with Gasteiger partial charge in [-0.1, -0.05) is 12.1 Å². The van der Waals surface area contributed by atoms with Crippen LogP contribution in [-0.2, 0) is 20.0 Å².